The third-order valence-corrected chi connectivity index (χ3v) is 3.24. The van der Waals surface area contributed by atoms with Crippen LogP contribution in [0.2, 0.25) is 0 Å². The summed E-state index contributed by atoms with van der Waals surface area (Å²) < 4.78 is 4.95. The molecule has 0 fully saturated rings. The van der Waals surface area contributed by atoms with Gasteiger partial charge in [0, 0.05) is 18.9 Å². The number of thiazole rings is 1. The van der Waals surface area contributed by atoms with Gasteiger partial charge in [-0.15, -0.1) is 11.3 Å². The lowest BCUT2D eigenvalue weighted by atomic mass is 10.2. The van der Waals surface area contributed by atoms with Crippen LogP contribution in [0.3, 0.4) is 0 Å². The van der Waals surface area contributed by atoms with Crippen LogP contribution in [0.25, 0.3) is 0 Å². The Balaban J connectivity index is 1.90. The van der Waals surface area contributed by atoms with Crippen molar-refractivity contribution in [3.05, 3.63) is 41.3 Å². The van der Waals surface area contributed by atoms with Crippen LogP contribution in [-0.4, -0.2) is 29.1 Å². The van der Waals surface area contributed by atoms with Gasteiger partial charge >= 0.3 is 5.97 Å². The van der Waals surface area contributed by atoms with Crippen molar-refractivity contribution in [3.8, 4) is 0 Å². The second-order valence-corrected chi connectivity index (χ2v) is 4.64. The fourth-order valence-electron chi connectivity index (χ4n) is 1.58. The van der Waals surface area contributed by atoms with Crippen molar-refractivity contribution in [2.24, 2.45) is 0 Å². The van der Waals surface area contributed by atoms with Gasteiger partial charge in [0.15, 0.2) is 5.69 Å². The van der Waals surface area contributed by atoms with Gasteiger partial charge in [0.05, 0.1) is 12.1 Å². The molecule has 1 N–H and O–H groups in total. The zero-order valence-corrected chi connectivity index (χ0v) is 11.4. The van der Waals surface area contributed by atoms with Crippen molar-refractivity contribution >= 4 is 22.3 Å². The first-order valence-corrected chi connectivity index (χ1v) is 6.92. The predicted molar refractivity (Wildman–Crippen MR) is 74.5 cm³/mol. The first-order valence-electron chi connectivity index (χ1n) is 6.04. The minimum Gasteiger partial charge on any atom is -0.461 e. The van der Waals surface area contributed by atoms with Gasteiger partial charge in [0.25, 0.3) is 0 Å². The van der Waals surface area contributed by atoms with E-state index in [-0.39, 0.29) is 5.97 Å². The molecular formula is C13H15N3O2S. The molecule has 0 amide bonds. The average Bonchev–Trinajstić information content (AvgIpc) is 2.89. The van der Waals surface area contributed by atoms with Crippen LogP contribution in [0, 0.1) is 0 Å². The summed E-state index contributed by atoms with van der Waals surface area (Å²) in [5.74, 6) is -0.382. The van der Waals surface area contributed by atoms with E-state index in [2.05, 4.69) is 15.3 Å². The molecule has 0 bridgehead atoms. The molecule has 0 unspecified atom stereocenters. The number of carbonyl (C=O) groups is 1. The van der Waals surface area contributed by atoms with Crippen molar-refractivity contribution in [3.63, 3.8) is 0 Å². The van der Waals surface area contributed by atoms with Gasteiger partial charge in [-0.05, 0) is 25.0 Å². The van der Waals surface area contributed by atoms with Crippen LogP contribution in [-0.2, 0) is 11.2 Å². The Morgan fingerprint density at radius 1 is 1.53 bits per heavy atom. The van der Waals surface area contributed by atoms with Gasteiger partial charge in [-0.25, -0.2) is 9.78 Å². The van der Waals surface area contributed by atoms with Gasteiger partial charge in [-0.1, -0.05) is 6.07 Å². The zero-order chi connectivity index (χ0) is 13.5. The van der Waals surface area contributed by atoms with Crippen molar-refractivity contribution in [1.82, 2.24) is 9.97 Å². The molecule has 0 radical (unpaired) electrons. The minimum atomic E-state index is -0.382. The smallest absolute Gasteiger partial charge is 0.360 e. The highest BCUT2D eigenvalue weighted by Gasteiger charge is 2.15. The van der Waals surface area contributed by atoms with Crippen molar-refractivity contribution in [1.29, 1.82) is 0 Å². The Labute approximate surface area is 115 Å². The van der Waals surface area contributed by atoms with Gasteiger partial charge in [-0.3, -0.25) is 4.98 Å². The summed E-state index contributed by atoms with van der Waals surface area (Å²) in [4.78, 5) is 19.7. The second-order valence-electron chi connectivity index (χ2n) is 3.79. The van der Waals surface area contributed by atoms with E-state index in [4.69, 9.17) is 4.74 Å². The molecule has 2 heterocycles. The SMILES string of the molecule is CCOC(=O)c1ncsc1NCCc1cccnc1. The van der Waals surface area contributed by atoms with Crippen molar-refractivity contribution < 1.29 is 9.53 Å². The van der Waals surface area contributed by atoms with E-state index in [1.54, 1.807) is 18.6 Å². The second kappa shape index (κ2) is 6.84. The number of hydrogen-bond donors (Lipinski definition) is 1. The number of rotatable bonds is 6. The first-order chi connectivity index (χ1) is 9.31. The summed E-state index contributed by atoms with van der Waals surface area (Å²) in [6.07, 6.45) is 4.42. The normalized spacial score (nSPS) is 10.2. The summed E-state index contributed by atoms with van der Waals surface area (Å²) in [7, 11) is 0. The van der Waals surface area contributed by atoms with Crippen LogP contribution in [0.15, 0.2) is 30.0 Å². The molecule has 0 aliphatic heterocycles. The number of carbonyl (C=O) groups excluding carboxylic acids is 1. The maximum absolute atomic E-state index is 11.6. The quantitative estimate of drug-likeness (QED) is 0.821. The Hall–Kier alpha value is -1.95. The number of pyridine rings is 1. The number of anilines is 1. The molecular weight excluding hydrogens is 262 g/mol. The van der Waals surface area contributed by atoms with Gasteiger partial charge in [-0.2, -0.15) is 0 Å². The van der Waals surface area contributed by atoms with Gasteiger partial charge in [0.2, 0.25) is 0 Å². The number of nitrogens with one attached hydrogen (secondary N) is 1. The lowest BCUT2D eigenvalue weighted by Crippen LogP contribution is -2.10. The lowest BCUT2D eigenvalue weighted by Gasteiger charge is -2.05. The van der Waals surface area contributed by atoms with Gasteiger partial charge in [0.1, 0.15) is 5.00 Å². The average molecular weight is 277 g/mol. The summed E-state index contributed by atoms with van der Waals surface area (Å²) in [5.41, 5.74) is 3.15. The molecule has 0 aliphatic carbocycles. The van der Waals surface area contributed by atoms with E-state index in [1.165, 1.54) is 11.3 Å². The van der Waals surface area contributed by atoms with E-state index in [1.807, 2.05) is 18.3 Å². The minimum absolute atomic E-state index is 0.353. The summed E-state index contributed by atoms with van der Waals surface area (Å²) in [6, 6.07) is 3.93. The number of aromatic nitrogens is 2. The van der Waals surface area contributed by atoms with Crippen LogP contribution in [0.4, 0.5) is 5.00 Å². The molecule has 0 atom stereocenters. The van der Waals surface area contributed by atoms with E-state index >= 15 is 0 Å². The molecule has 100 valence electrons. The van der Waals surface area contributed by atoms with Crippen LogP contribution in [0.5, 0.6) is 0 Å². The Kier molecular flexibility index (Phi) is 4.85. The molecule has 19 heavy (non-hydrogen) atoms. The maximum atomic E-state index is 11.6. The zero-order valence-electron chi connectivity index (χ0n) is 10.6. The lowest BCUT2D eigenvalue weighted by molar-refractivity contribution is 0.0521. The van der Waals surface area contributed by atoms with E-state index < -0.39 is 0 Å². The molecule has 0 aliphatic rings. The highest BCUT2D eigenvalue weighted by Crippen LogP contribution is 2.20. The molecule has 0 saturated heterocycles. The highest BCUT2D eigenvalue weighted by atomic mass is 32.1. The number of esters is 1. The molecule has 0 saturated carbocycles. The summed E-state index contributed by atoms with van der Waals surface area (Å²) >= 11 is 1.40. The molecule has 2 rings (SSSR count). The Morgan fingerprint density at radius 2 is 2.42 bits per heavy atom. The third-order valence-electron chi connectivity index (χ3n) is 2.46. The monoisotopic (exact) mass is 277 g/mol. The molecule has 2 aromatic rings. The predicted octanol–water partition coefficient (Wildman–Crippen LogP) is 2.37. The number of nitrogens with zero attached hydrogens (tertiary/aromatic N) is 2. The van der Waals surface area contributed by atoms with Gasteiger partial charge < -0.3 is 10.1 Å². The highest BCUT2D eigenvalue weighted by molar-refractivity contribution is 7.14. The first kappa shape index (κ1) is 13.5. The van der Waals surface area contributed by atoms with E-state index in [9.17, 15) is 4.79 Å². The van der Waals surface area contributed by atoms with Crippen LogP contribution < -0.4 is 5.32 Å². The molecule has 2 aromatic heterocycles. The topological polar surface area (TPSA) is 64.1 Å². The number of ether oxygens (including phenoxy) is 1. The Morgan fingerprint density at radius 3 is 3.16 bits per heavy atom. The molecule has 0 aromatic carbocycles. The number of hydrogen-bond acceptors (Lipinski definition) is 6. The summed E-state index contributed by atoms with van der Waals surface area (Å²) in [5, 5.41) is 3.96. The van der Waals surface area contributed by atoms with E-state index in [0.29, 0.717) is 12.3 Å². The maximum Gasteiger partial charge on any atom is 0.360 e. The van der Waals surface area contributed by atoms with Crippen molar-refractivity contribution in [2.75, 3.05) is 18.5 Å². The Bertz CT molecular complexity index is 528. The molecule has 0 spiro atoms. The largest absolute Gasteiger partial charge is 0.461 e. The van der Waals surface area contributed by atoms with Crippen LogP contribution >= 0.6 is 11.3 Å². The fraction of sp³-hybridized carbons (Fsp3) is 0.308. The van der Waals surface area contributed by atoms with Crippen LogP contribution in [0.1, 0.15) is 23.0 Å². The summed E-state index contributed by atoms with van der Waals surface area (Å²) in [6.45, 7) is 2.85. The van der Waals surface area contributed by atoms with Crippen molar-refractivity contribution in [2.45, 2.75) is 13.3 Å². The third kappa shape index (κ3) is 3.75. The standard InChI is InChI=1S/C13H15N3O2S/c1-2-18-13(17)11-12(19-9-16-11)15-7-5-10-4-3-6-14-8-10/h3-4,6,8-9,15H,2,5,7H2,1H3. The fourth-order valence-corrected chi connectivity index (χ4v) is 2.28. The van der Waals surface area contributed by atoms with E-state index in [0.717, 1.165) is 23.5 Å². The molecule has 5 nitrogen and oxygen atoms in total. The molecule has 6 heteroatoms.